The summed E-state index contributed by atoms with van der Waals surface area (Å²) in [5.74, 6) is 0. The van der Waals surface area contributed by atoms with Crippen molar-refractivity contribution < 1.29 is 14.3 Å². The molecule has 7 nitrogen and oxygen atoms in total. The van der Waals surface area contributed by atoms with Gasteiger partial charge in [0.2, 0.25) is 0 Å². The van der Waals surface area contributed by atoms with Gasteiger partial charge in [0.1, 0.15) is 0 Å². The SMILES string of the molecule is CCOC(=O)N1CCC(NC(=O)N(C)CCc2ccncc2)CC1. The Balaban J connectivity index is 1.70. The third kappa shape index (κ3) is 5.40. The van der Waals surface area contributed by atoms with Crippen molar-refractivity contribution in [1.82, 2.24) is 20.1 Å². The third-order valence-corrected chi connectivity index (χ3v) is 4.18. The lowest BCUT2D eigenvalue weighted by Gasteiger charge is -2.32. The van der Waals surface area contributed by atoms with Crippen molar-refractivity contribution in [1.29, 1.82) is 0 Å². The molecule has 132 valence electrons. The molecule has 3 amide bonds. The summed E-state index contributed by atoms with van der Waals surface area (Å²) in [6, 6.07) is 3.94. The first-order chi connectivity index (χ1) is 11.6. The van der Waals surface area contributed by atoms with Crippen LogP contribution in [0, 0.1) is 0 Å². The first-order valence-corrected chi connectivity index (χ1v) is 8.42. The van der Waals surface area contributed by atoms with Crippen LogP contribution in [0.5, 0.6) is 0 Å². The van der Waals surface area contributed by atoms with Crippen LogP contribution in [0.15, 0.2) is 24.5 Å². The number of pyridine rings is 1. The van der Waals surface area contributed by atoms with Gasteiger partial charge in [-0.15, -0.1) is 0 Å². The van der Waals surface area contributed by atoms with Gasteiger partial charge in [-0.3, -0.25) is 4.98 Å². The lowest BCUT2D eigenvalue weighted by atomic mass is 10.1. The van der Waals surface area contributed by atoms with E-state index < -0.39 is 0 Å². The highest BCUT2D eigenvalue weighted by atomic mass is 16.6. The van der Waals surface area contributed by atoms with Crippen molar-refractivity contribution >= 4 is 12.1 Å². The number of piperidine rings is 1. The molecule has 1 aromatic rings. The molecule has 2 heterocycles. The minimum Gasteiger partial charge on any atom is -0.450 e. The number of nitrogens with one attached hydrogen (secondary N) is 1. The second kappa shape index (κ2) is 9.10. The number of hydrogen-bond donors (Lipinski definition) is 1. The van der Waals surface area contributed by atoms with Gasteiger partial charge in [-0.05, 0) is 43.9 Å². The Morgan fingerprint density at radius 1 is 1.33 bits per heavy atom. The Morgan fingerprint density at radius 2 is 2.00 bits per heavy atom. The number of nitrogens with zero attached hydrogens (tertiary/aromatic N) is 3. The number of hydrogen-bond acceptors (Lipinski definition) is 4. The van der Waals surface area contributed by atoms with Crippen molar-refractivity contribution in [2.75, 3.05) is 33.3 Å². The van der Waals surface area contributed by atoms with Crippen molar-refractivity contribution in [3.63, 3.8) is 0 Å². The zero-order valence-corrected chi connectivity index (χ0v) is 14.4. The van der Waals surface area contributed by atoms with E-state index in [-0.39, 0.29) is 18.2 Å². The van der Waals surface area contributed by atoms with Crippen LogP contribution in [0.2, 0.25) is 0 Å². The molecule has 7 heteroatoms. The molecule has 2 rings (SSSR count). The average molecular weight is 334 g/mol. The molecule has 24 heavy (non-hydrogen) atoms. The van der Waals surface area contributed by atoms with Crippen molar-refractivity contribution in [2.24, 2.45) is 0 Å². The van der Waals surface area contributed by atoms with E-state index in [9.17, 15) is 9.59 Å². The molecule has 0 aromatic carbocycles. The number of ether oxygens (including phenoxy) is 1. The molecular weight excluding hydrogens is 308 g/mol. The Hall–Kier alpha value is -2.31. The highest BCUT2D eigenvalue weighted by molar-refractivity contribution is 5.74. The van der Waals surface area contributed by atoms with Crippen LogP contribution in [0.3, 0.4) is 0 Å². The molecule has 1 aliphatic heterocycles. The lowest BCUT2D eigenvalue weighted by molar-refractivity contribution is 0.0952. The van der Waals surface area contributed by atoms with Crippen LogP contribution >= 0.6 is 0 Å². The van der Waals surface area contributed by atoms with Gasteiger partial charge in [0.05, 0.1) is 6.61 Å². The van der Waals surface area contributed by atoms with Crippen LogP contribution in [0.4, 0.5) is 9.59 Å². The molecule has 1 fully saturated rings. The zero-order valence-electron chi connectivity index (χ0n) is 14.4. The number of carbonyl (C=O) groups excluding carboxylic acids is 2. The Morgan fingerprint density at radius 3 is 2.62 bits per heavy atom. The predicted octanol–water partition coefficient (Wildman–Crippen LogP) is 1.89. The summed E-state index contributed by atoms with van der Waals surface area (Å²) in [5.41, 5.74) is 1.16. The molecule has 1 aliphatic rings. The first-order valence-electron chi connectivity index (χ1n) is 8.42. The highest BCUT2D eigenvalue weighted by Crippen LogP contribution is 2.12. The van der Waals surface area contributed by atoms with Gasteiger partial charge < -0.3 is 19.9 Å². The van der Waals surface area contributed by atoms with Gasteiger partial charge in [-0.2, -0.15) is 0 Å². The van der Waals surface area contributed by atoms with Crippen LogP contribution in [-0.4, -0.2) is 66.2 Å². The highest BCUT2D eigenvalue weighted by Gasteiger charge is 2.25. The fourth-order valence-electron chi connectivity index (χ4n) is 2.65. The smallest absolute Gasteiger partial charge is 0.409 e. The number of aromatic nitrogens is 1. The summed E-state index contributed by atoms with van der Waals surface area (Å²) in [5, 5.41) is 3.04. The minimum atomic E-state index is -0.267. The van der Waals surface area contributed by atoms with Crippen LogP contribution in [0.1, 0.15) is 25.3 Å². The van der Waals surface area contributed by atoms with E-state index >= 15 is 0 Å². The van der Waals surface area contributed by atoms with Gasteiger partial charge in [0.25, 0.3) is 0 Å². The molecule has 1 N–H and O–H groups in total. The average Bonchev–Trinajstić information content (AvgIpc) is 2.61. The third-order valence-electron chi connectivity index (χ3n) is 4.18. The van der Waals surface area contributed by atoms with Gasteiger partial charge in [-0.1, -0.05) is 0 Å². The van der Waals surface area contributed by atoms with Crippen LogP contribution in [0.25, 0.3) is 0 Å². The van der Waals surface area contributed by atoms with E-state index in [0.29, 0.717) is 26.2 Å². The van der Waals surface area contributed by atoms with E-state index in [1.165, 1.54) is 0 Å². The standard InChI is InChI=1S/C17H26N4O3/c1-3-24-17(23)21-12-7-15(8-13-21)19-16(22)20(2)11-6-14-4-9-18-10-5-14/h4-5,9-10,15H,3,6-8,11-13H2,1-2H3,(H,19,22). The van der Waals surface area contributed by atoms with E-state index in [1.807, 2.05) is 12.1 Å². The van der Waals surface area contributed by atoms with E-state index in [1.54, 1.807) is 36.2 Å². The van der Waals surface area contributed by atoms with E-state index in [2.05, 4.69) is 10.3 Å². The number of urea groups is 1. The van der Waals surface area contributed by atoms with Crippen molar-refractivity contribution in [3.8, 4) is 0 Å². The second-order valence-electron chi connectivity index (χ2n) is 5.94. The summed E-state index contributed by atoms with van der Waals surface area (Å²) < 4.78 is 5.00. The van der Waals surface area contributed by atoms with Crippen LogP contribution < -0.4 is 5.32 Å². The van der Waals surface area contributed by atoms with Gasteiger partial charge in [0, 0.05) is 45.1 Å². The summed E-state index contributed by atoms with van der Waals surface area (Å²) in [6.07, 6.45) is 5.55. The maximum Gasteiger partial charge on any atom is 0.409 e. The molecular formula is C17H26N4O3. The van der Waals surface area contributed by atoms with Crippen LogP contribution in [-0.2, 0) is 11.2 Å². The second-order valence-corrected chi connectivity index (χ2v) is 5.94. The van der Waals surface area contributed by atoms with Crippen molar-refractivity contribution in [3.05, 3.63) is 30.1 Å². The summed E-state index contributed by atoms with van der Waals surface area (Å²) >= 11 is 0. The number of likely N-dealkylation sites (tertiary alicyclic amines) is 1. The number of rotatable bonds is 5. The molecule has 0 spiro atoms. The van der Waals surface area contributed by atoms with Gasteiger partial charge in [-0.25, -0.2) is 9.59 Å². The fourth-order valence-corrected chi connectivity index (χ4v) is 2.65. The summed E-state index contributed by atoms with van der Waals surface area (Å²) in [7, 11) is 1.80. The van der Waals surface area contributed by atoms with E-state index in [0.717, 1.165) is 24.8 Å². The predicted molar refractivity (Wildman–Crippen MR) is 90.7 cm³/mol. The molecule has 0 radical (unpaired) electrons. The lowest BCUT2D eigenvalue weighted by Crippen LogP contribution is -2.49. The number of amides is 3. The van der Waals surface area contributed by atoms with Gasteiger partial charge >= 0.3 is 12.1 Å². The monoisotopic (exact) mass is 334 g/mol. The zero-order chi connectivity index (χ0) is 17.4. The van der Waals surface area contributed by atoms with E-state index in [4.69, 9.17) is 4.74 Å². The Kier molecular flexibility index (Phi) is 6.84. The normalized spacial score (nSPS) is 15.0. The van der Waals surface area contributed by atoms with Gasteiger partial charge in [0.15, 0.2) is 0 Å². The molecule has 0 unspecified atom stereocenters. The molecule has 0 saturated carbocycles. The molecule has 0 bridgehead atoms. The quantitative estimate of drug-likeness (QED) is 0.892. The minimum absolute atomic E-state index is 0.0707. The molecule has 1 aromatic heterocycles. The maximum absolute atomic E-state index is 12.2. The summed E-state index contributed by atoms with van der Waals surface area (Å²) in [4.78, 5) is 31.3. The number of carbonyl (C=O) groups is 2. The number of likely N-dealkylation sites (N-methyl/N-ethyl adjacent to an activating group) is 1. The summed E-state index contributed by atoms with van der Waals surface area (Å²) in [6.45, 7) is 4.07. The molecule has 0 aliphatic carbocycles. The van der Waals surface area contributed by atoms with Crippen molar-refractivity contribution in [2.45, 2.75) is 32.2 Å². The topological polar surface area (TPSA) is 74.8 Å². The Bertz CT molecular complexity index is 530. The first kappa shape index (κ1) is 18.0. The Labute approximate surface area is 143 Å². The molecule has 1 saturated heterocycles. The largest absolute Gasteiger partial charge is 0.450 e. The maximum atomic E-state index is 12.2. The molecule has 0 atom stereocenters. The fraction of sp³-hybridized carbons (Fsp3) is 0.588.